The van der Waals surface area contributed by atoms with Crippen molar-refractivity contribution in [1.82, 2.24) is 20.8 Å². The van der Waals surface area contributed by atoms with Gasteiger partial charge in [0.1, 0.15) is 0 Å². The van der Waals surface area contributed by atoms with Gasteiger partial charge < -0.3 is 10.6 Å². The molecule has 1 heterocycles. The molecule has 1 saturated carbocycles. The average molecular weight is 208 g/mol. The molecule has 1 fully saturated rings. The normalized spacial score (nSPS) is 15.3. The lowest BCUT2D eigenvalue weighted by Gasteiger charge is -2.04. The lowest BCUT2D eigenvalue weighted by molar-refractivity contribution is -0.120. The molecule has 0 aromatic carbocycles. The molecule has 0 spiro atoms. The van der Waals surface area contributed by atoms with E-state index in [1.165, 1.54) is 0 Å². The minimum Gasteiger partial charge on any atom is -0.352 e. The average Bonchev–Trinajstić information content (AvgIpc) is 2.91. The third-order valence-electron chi connectivity index (χ3n) is 2.48. The van der Waals surface area contributed by atoms with Crippen molar-refractivity contribution in [2.24, 2.45) is 0 Å². The summed E-state index contributed by atoms with van der Waals surface area (Å²) in [6.07, 6.45) is 4.04. The SMILES string of the molecule is Cc1[nH]ncc1CNCC(=O)NC1CC1. The second-order valence-corrected chi connectivity index (χ2v) is 3.97. The fourth-order valence-electron chi connectivity index (χ4n) is 1.37. The molecule has 1 aliphatic rings. The smallest absolute Gasteiger partial charge is 0.234 e. The monoisotopic (exact) mass is 208 g/mol. The highest BCUT2D eigenvalue weighted by atomic mass is 16.2. The molecule has 0 saturated heterocycles. The Morgan fingerprint density at radius 2 is 2.47 bits per heavy atom. The molecule has 82 valence electrons. The number of carbonyl (C=O) groups excluding carboxylic acids is 1. The Balaban J connectivity index is 1.65. The Morgan fingerprint density at radius 1 is 1.67 bits per heavy atom. The van der Waals surface area contributed by atoms with Crippen molar-refractivity contribution in [3.05, 3.63) is 17.5 Å². The second-order valence-electron chi connectivity index (χ2n) is 3.97. The van der Waals surface area contributed by atoms with Crippen molar-refractivity contribution in [1.29, 1.82) is 0 Å². The zero-order valence-electron chi connectivity index (χ0n) is 8.84. The van der Waals surface area contributed by atoms with E-state index < -0.39 is 0 Å². The van der Waals surface area contributed by atoms with E-state index >= 15 is 0 Å². The number of aromatic amines is 1. The predicted molar refractivity (Wildman–Crippen MR) is 56.2 cm³/mol. The first-order valence-electron chi connectivity index (χ1n) is 5.24. The van der Waals surface area contributed by atoms with E-state index in [0.29, 0.717) is 19.1 Å². The molecule has 1 amide bonds. The Morgan fingerprint density at radius 3 is 3.07 bits per heavy atom. The van der Waals surface area contributed by atoms with Crippen LogP contribution in [-0.2, 0) is 11.3 Å². The minimum atomic E-state index is 0.0821. The van der Waals surface area contributed by atoms with Gasteiger partial charge in [0.2, 0.25) is 5.91 Å². The number of hydrogen-bond donors (Lipinski definition) is 3. The number of hydrogen-bond acceptors (Lipinski definition) is 3. The first-order valence-corrected chi connectivity index (χ1v) is 5.24. The van der Waals surface area contributed by atoms with E-state index in [0.717, 1.165) is 24.1 Å². The summed E-state index contributed by atoms with van der Waals surface area (Å²) in [6.45, 7) is 3.02. The van der Waals surface area contributed by atoms with Gasteiger partial charge in [-0.2, -0.15) is 5.10 Å². The third kappa shape index (κ3) is 3.06. The fraction of sp³-hybridized carbons (Fsp3) is 0.600. The quantitative estimate of drug-likeness (QED) is 0.642. The molecule has 5 heteroatoms. The van der Waals surface area contributed by atoms with Gasteiger partial charge in [0.25, 0.3) is 0 Å². The molecular weight excluding hydrogens is 192 g/mol. The summed E-state index contributed by atoms with van der Waals surface area (Å²) < 4.78 is 0. The van der Waals surface area contributed by atoms with E-state index in [1.807, 2.05) is 6.92 Å². The maximum absolute atomic E-state index is 11.3. The molecular formula is C10H16N4O. The van der Waals surface area contributed by atoms with Gasteiger partial charge in [0, 0.05) is 23.8 Å². The van der Waals surface area contributed by atoms with Crippen molar-refractivity contribution in [3.63, 3.8) is 0 Å². The van der Waals surface area contributed by atoms with Crippen LogP contribution in [0.4, 0.5) is 0 Å². The molecule has 0 aliphatic heterocycles. The van der Waals surface area contributed by atoms with Crippen LogP contribution in [0.15, 0.2) is 6.20 Å². The van der Waals surface area contributed by atoms with E-state index in [9.17, 15) is 4.79 Å². The standard InChI is InChI=1S/C10H16N4O/c1-7-8(5-12-14-7)4-11-6-10(15)13-9-2-3-9/h5,9,11H,2-4,6H2,1H3,(H,12,14)(H,13,15). The van der Waals surface area contributed by atoms with Gasteiger partial charge in [-0.15, -0.1) is 0 Å². The zero-order valence-corrected chi connectivity index (χ0v) is 8.84. The van der Waals surface area contributed by atoms with E-state index in [1.54, 1.807) is 6.20 Å². The number of rotatable bonds is 5. The molecule has 1 aromatic heterocycles. The number of nitrogens with one attached hydrogen (secondary N) is 3. The molecule has 2 rings (SSSR count). The predicted octanol–water partition coefficient (Wildman–Crippen LogP) is 0.0863. The van der Waals surface area contributed by atoms with Crippen LogP contribution in [0.3, 0.4) is 0 Å². The summed E-state index contributed by atoms with van der Waals surface area (Å²) >= 11 is 0. The minimum absolute atomic E-state index is 0.0821. The molecule has 1 aromatic rings. The number of H-pyrrole nitrogens is 1. The maximum Gasteiger partial charge on any atom is 0.234 e. The van der Waals surface area contributed by atoms with Gasteiger partial charge in [-0.05, 0) is 19.8 Å². The van der Waals surface area contributed by atoms with Crippen molar-refractivity contribution >= 4 is 5.91 Å². The molecule has 5 nitrogen and oxygen atoms in total. The van der Waals surface area contributed by atoms with Gasteiger partial charge in [0.05, 0.1) is 12.7 Å². The van der Waals surface area contributed by atoms with Gasteiger partial charge in [0.15, 0.2) is 0 Å². The number of amides is 1. The molecule has 0 radical (unpaired) electrons. The lowest BCUT2D eigenvalue weighted by atomic mass is 10.2. The van der Waals surface area contributed by atoms with Crippen molar-refractivity contribution < 1.29 is 4.79 Å². The molecule has 1 aliphatic carbocycles. The number of aryl methyl sites for hydroxylation is 1. The van der Waals surface area contributed by atoms with Crippen LogP contribution in [0.2, 0.25) is 0 Å². The number of aromatic nitrogens is 2. The first kappa shape index (κ1) is 10.2. The molecule has 15 heavy (non-hydrogen) atoms. The van der Waals surface area contributed by atoms with Gasteiger partial charge >= 0.3 is 0 Å². The van der Waals surface area contributed by atoms with E-state index in [-0.39, 0.29) is 5.91 Å². The molecule has 0 unspecified atom stereocenters. The van der Waals surface area contributed by atoms with Gasteiger partial charge in [-0.1, -0.05) is 0 Å². The highest BCUT2D eigenvalue weighted by Gasteiger charge is 2.22. The van der Waals surface area contributed by atoms with Crippen molar-refractivity contribution in [3.8, 4) is 0 Å². The van der Waals surface area contributed by atoms with E-state index in [2.05, 4.69) is 20.8 Å². The summed E-state index contributed by atoms with van der Waals surface area (Å²) in [7, 11) is 0. The number of nitrogens with zero attached hydrogens (tertiary/aromatic N) is 1. The van der Waals surface area contributed by atoms with Crippen LogP contribution >= 0.6 is 0 Å². The summed E-state index contributed by atoms with van der Waals surface area (Å²) in [5.41, 5.74) is 2.15. The second kappa shape index (κ2) is 4.44. The Hall–Kier alpha value is -1.36. The molecule has 3 N–H and O–H groups in total. The van der Waals surface area contributed by atoms with Crippen molar-refractivity contribution in [2.45, 2.75) is 32.4 Å². The zero-order chi connectivity index (χ0) is 10.7. The van der Waals surface area contributed by atoms with Crippen LogP contribution < -0.4 is 10.6 Å². The van der Waals surface area contributed by atoms with Crippen LogP contribution in [0.5, 0.6) is 0 Å². The highest BCUT2D eigenvalue weighted by molar-refractivity contribution is 5.78. The molecule has 0 atom stereocenters. The Kier molecular flexibility index (Phi) is 3.01. The van der Waals surface area contributed by atoms with Crippen LogP contribution in [0, 0.1) is 6.92 Å². The Labute approximate surface area is 88.6 Å². The summed E-state index contributed by atoms with van der Waals surface area (Å²) in [5.74, 6) is 0.0821. The van der Waals surface area contributed by atoms with Crippen LogP contribution in [-0.4, -0.2) is 28.7 Å². The van der Waals surface area contributed by atoms with E-state index in [4.69, 9.17) is 0 Å². The fourth-order valence-corrected chi connectivity index (χ4v) is 1.37. The van der Waals surface area contributed by atoms with Crippen LogP contribution in [0.1, 0.15) is 24.1 Å². The summed E-state index contributed by atoms with van der Waals surface area (Å²) in [6, 6.07) is 0.440. The van der Waals surface area contributed by atoms with Crippen LogP contribution in [0.25, 0.3) is 0 Å². The van der Waals surface area contributed by atoms with Gasteiger partial charge in [-0.3, -0.25) is 9.89 Å². The third-order valence-corrected chi connectivity index (χ3v) is 2.48. The first-order chi connectivity index (χ1) is 7.25. The number of carbonyl (C=O) groups is 1. The van der Waals surface area contributed by atoms with Crippen molar-refractivity contribution in [2.75, 3.05) is 6.54 Å². The van der Waals surface area contributed by atoms with Gasteiger partial charge in [-0.25, -0.2) is 0 Å². The largest absolute Gasteiger partial charge is 0.352 e. The summed E-state index contributed by atoms with van der Waals surface area (Å²) in [5, 5.41) is 12.8. The summed E-state index contributed by atoms with van der Waals surface area (Å²) in [4.78, 5) is 11.3. The lowest BCUT2D eigenvalue weighted by Crippen LogP contribution is -2.34. The topological polar surface area (TPSA) is 69.8 Å². The maximum atomic E-state index is 11.3. The Bertz CT molecular complexity index is 343. The molecule has 0 bridgehead atoms. The highest BCUT2D eigenvalue weighted by Crippen LogP contribution is 2.18.